The van der Waals surface area contributed by atoms with Crippen molar-refractivity contribution in [1.29, 1.82) is 0 Å². The summed E-state index contributed by atoms with van der Waals surface area (Å²) >= 11 is 12.7. The number of hydrogen-bond acceptors (Lipinski definition) is 7. The monoisotopic (exact) mass is 678 g/mol. The molecule has 0 spiro atoms. The van der Waals surface area contributed by atoms with E-state index in [1.165, 1.54) is 49.3 Å². The van der Waals surface area contributed by atoms with Crippen molar-refractivity contribution in [1.82, 2.24) is 10.2 Å². The second-order valence-corrected chi connectivity index (χ2v) is 14.0. The molecule has 0 radical (unpaired) electrons. The maximum absolute atomic E-state index is 14.3. The molecule has 0 aromatic heterocycles. The number of carbonyl (C=O) groups excluding carboxylic acids is 2. The molecule has 0 saturated heterocycles. The third-order valence-electron chi connectivity index (χ3n) is 6.84. The Morgan fingerprint density at radius 1 is 1.07 bits per heavy atom. The van der Waals surface area contributed by atoms with Gasteiger partial charge in [0, 0.05) is 33.8 Å². The lowest BCUT2D eigenvalue weighted by Crippen LogP contribution is -2.55. The SMILES string of the molecule is CC[C@@H](C(=O)NC(C)(C)C)N(Cc1ccccc1Cl)C(=O)CN(c1cc(Cl)ccc1OC)S(=O)(=O)c1ccc(C)c([N+](=O)[O-])c1. The van der Waals surface area contributed by atoms with Crippen LogP contribution in [0.25, 0.3) is 0 Å². The second-order valence-electron chi connectivity index (χ2n) is 11.3. The number of carbonyl (C=O) groups is 2. The minimum atomic E-state index is -4.65. The lowest BCUT2D eigenvalue weighted by Gasteiger charge is -2.35. The summed E-state index contributed by atoms with van der Waals surface area (Å²) in [6, 6.07) is 13.5. The first-order chi connectivity index (χ1) is 21.0. The zero-order valence-electron chi connectivity index (χ0n) is 25.8. The van der Waals surface area contributed by atoms with Crippen molar-refractivity contribution in [2.75, 3.05) is 18.0 Å². The Hall–Kier alpha value is -3.87. The van der Waals surface area contributed by atoms with E-state index >= 15 is 0 Å². The van der Waals surface area contributed by atoms with E-state index in [1.54, 1.807) is 52.0 Å². The van der Waals surface area contributed by atoms with Crippen molar-refractivity contribution in [2.45, 2.75) is 64.1 Å². The van der Waals surface area contributed by atoms with Crippen LogP contribution in [0.3, 0.4) is 0 Å². The number of nitro benzene ring substituents is 1. The molecule has 11 nitrogen and oxygen atoms in total. The summed E-state index contributed by atoms with van der Waals surface area (Å²) in [5.41, 5.74) is -0.313. The molecule has 0 aliphatic rings. The van der Waals surface area contributed by atoms with Gasteiger partial charge in [0.1, 0.15) is 18.3 Å². The average molecular weight is 680 g/mol. The standard InChI is InChI=1S/C31H36Cl2N4O7S/c1-7-25(30(39)34-31(3,4)5)35(18-21-10-8-9-11-24(21)33)29(38)19-36(27-16-22(32)13-15-28(27)44-6)45(42,43)23-14-12-20(2)26(17-23)37(40)41/h8-17,25H,7,18-19H2,1-6H3,(H,34,39)/t25-/m0/s1. The number of rotatable bonds is 12. The zero-order chi connectivity index (χ0) is 33.7. The minimum Gasteiger partial charge on any atom is -0.495 e. The Kier molecular flexibility index (Phi) is 11.5. The van der Waals surface area contributed by atoms with Crippen LogP contribution in [0.2, 0.25) is 10.0 Å². The summed E-state index contributed by atoms with van der Waals surface area (Å²) in [5, 5.41) is 15.1. The molecule has 2 amide bonds. The van der Waals surface area contributed by atoms with Gasteiger partial charge < -0.3 is 15.0 Å². The van der Waals surface area contributed by atoms with Gasteiger partial charge in [0.15, 0.2) is 0 Å². The van der Waals surface area contributed by atoms with Gasteiger partial charge in [-0.1, -0.05) is 54.4 Å². The fraction of sp³-hybridized carbons (Fsp3) is 0.355. The van der Waals surface area contributed by atoms with E-state index in [0.717, 1.165) is 10.4 Å². The maximum atomic E-state index is 14.3. The molecule has 0 heterocycles. The van der Waals surface area contributed by atoms with Crippen LogP contribution in [0.15, 0.2) is 65.6 Å². The topological polar surface area (TPSA) is 139 Å². The van der Waals surface area contributed by atoms with Gasteiger partial charge in [-0.3, -0.25) is 24.0 Å². The Morgan fingerprint density at radius 2 is 1.73 bits per heavy atom. The van der Waals surface area contributed by atoms with Crippen LogP contribution in [-0.2, 0) is 26.2 Å². The van der Waals surface area contributed by atoms with Crippen LogP contribution < -0.4 is 14.4 Å². The molecule has 3 rings (SSSR count). The van der Waals surface area contributed by atoms with E-state index in [2.05, 4.69) is 5.32 Å². The van der Waals surface area contributed by atoms with Crippen LogP contribution in [0.4, 0.5) is 11.4 Å². The highest BCUT2D eigenvalue weighted by atomic mass is 35.5. The third kappa shape index (κ3) is 8.65. The molecule has 0 unspecified atom stereocenters. The van der Waals surface area contributed by atoms with Crippen molar-refractivity contribution in [3.8, 4) is 5.75 Å². The lowest BCUT2D eigenvalue weighted by molar-refractivity contribution is -0.385. The van der Waals surface area contributed by atoms with E-state index in [4.69, 9.17) is 27.9 Å². The Bertz CT molecular complexity index is 1690. The molecule has 0 bridgehead atoms. The van der Waals surface area contributed by atoms with Crippen molar-refractivity contribution < 1.29 is 27.7 Å². The molecule has 3 aromatic rings. The van der Waals surface area contributed by atoms with E-state index in [-0.39, 0.29) is 35.0 Å². The van der Waals surface area contributed by atoms with Gasteiger partial charge in [-0.2, -0.15) is 0 Å². The zero-order valence-corrected chi connectivity index (χ0v) is 28.2. The summed E-state index contributed by atoms with van der Waals surface area (Å²) in [4.78, 5) is 39.7. The summed E-state index contributed by atoms with van der Waals surface area (Å²) in [6.07, 6.45) is 0.204. The molecule has 0 aliphatic heterocycles. The second kappa shape index (κ2) is 14.5. The summed E-state index contributed by atoms with van der Waals surface area (Å²) in [6.45, 7) is 7.72. The van der Waals surface area contributed by atoms with Gasteiger partial charge in [-0.05, 0) is 70.0 Å². The molecule has 1 atom stereocenters. The van der Waals surface area contributed by atoms with Gasteiger partial charge in [-0.15, -0.1) is 0 Å². The fourth-order valence-corrected chi connectivity index (χ4v) is 6.43. The number of amides is 2. The van der Waals surface area contributed by atoms with Crippen molar-refractivity contribution in [2.24, 2.45) is 0 Å². The molecule has 0 aliphatic carbocycles. The lowest BCUT2D eigenvalue weighted by atomic mass is 10.1. The number of hydrogen-bond donors (Lipinski definition) is 1. The fourth-order valence-electron chi connectivity index (χ4n) is 4.63. The minimum absolute atomic E-state index is 0.0764. The first-order valence-corrected chi connectivity index (χ1v) is 16.2. The number of aryl methyl sites for hydroxylation is 1. The molecule has 242 valence electrons. The van der Waals surface area contributed by atoms with Gasteiger partial charge in [-0.25, -0.2) is 8.42 Å². The first kappa shape index (κ1) is 35.6. The number of sulfonamides is 1. The number of anilines is 1. The Balaban J connectivity index is 2.21. The predicted molar refractivity (Wildman–Crippen MR) is 174 cm³/mol. The number of halogens is 2. The number of nitrogens with one attached hydrogen (secondary N) is 1. The summed E-state index contributed by atoms with van der Waals surface area (Å²) < 4.78 is 34.7. The first-order valence-electron chi connectivity index (χ1n) is 14.0. The number of nitrogens with zero attached hydrogens (tertiary/aromatic N) is 3. The van der Waals surface area contributed by atoms with Crippen LogP contribution in [0.5, 0.6) is 5.75 Å². The number of methoxy groups -OCH3 is 1. The molecule has 1 N–H and O–H groups in total. The van der Waals surface area contributed by atoms with E-state index in [9.17, 15) is 28.1 Å². The number of benzene rings is 3. The highest BCUT2D eigenvalue weighted by Gasteiger charge is 2.36. The van der Waals surface area contributed by atoms with E-state index in [1.807, 2.05) is 0 Å². The molecule has 3 aromatic carbocycles. The number of ether oxygens (including phenoxy) is 1. The predicted octanol–water partition coefficient (Wildman–Crippen LogP) is 6.14. The summed E-state index contributed by atoms with van der Waals surface area (Å²) in [5.74, 6) is -1.10. The number of nitro groups is 1. The average Bonchev–Trinajstić information content (AvgIpc) is 2.95. The van der Waals surface area contributed by atoms with Crippen LogP contribution in [0.1, 0.15) is 45.2 Å². The van der Waals surface area contributed by atoms with Crippen molar-refractivity contribution >= 4 is 56.4 Å². The van der Waals surface area contributed by atoms with Gasteiger partial charge in [0.2, 0.25) is 11.8 Å². The molecular formula is C31H36Cl2N4O7S. The quantitative estimate of drug-likeness (QED) is 0.179. The highest BCUT2D eigenvalue weighted by Crippen LogP contribution is 2.36. The maximum Gasteiger partial charge on any atom is 0.273 e. The van der Waals surface area contributed by atoms with Crippen molar-refractivity contribution in [3.63, 3.8) is 0 Å². The summed E-state index contributed by atoms with van der Waals surface area (Å²) in [7, 11) is -3.33. The van der Waals surface area contributed by atoms with E-state index in [0.29, 0.717) is 10.6 Å². The van der Waals surface area contributed by atoms with Gasteiger partial charge >= 0.3 is 0 Å². The van der Waals surface area contributed by atoms with Crippen LogP contribution >= 0.6 is 23.2 Å². The normalized spacial score (nSPS) is 12.3. The van der Waals surface area contributed by atoms with Gasteiger partial charge in [0.05, 0.1) is 22.6 Å². The molecule has 14 heteroatoms. The Labute approximate surface area is 273 Å². The third-order valence-corrected chi connectivity index (χ3v) is 9.20. The highest BCUT2D eigenvalue weighted by molar-refractivity contribution is 7.92. The Morgan fingerprint density at radius 3 is 2.31 bits per heavy atom. The van der Waals surface area contributed by atoms with Crippen molar-refractivity contribution in [3.05, 3.63) is 92.0 Å². The van der Waals surface area contributed by atoms with Crippen LogP contribution in [0, 0.1) is 17.0 Å². The smallest absolute Gasteiger partial charge is 0.273 e. The molecule has 45 heavy (non-hydrogen) atoms. The van der Waals surface area contributed by atoms with Gasteiger partial charge in [0.25, 0.3) is 15.7 Å². The molecular weight excluding hydrogens is 643 g/mol. The molecule has 0 saturated carbocycles. The molecule has 0 fully saturated rings. The van der Waals surface area contributed by atoms with E-state index < -0.39 is 55.5 Å². The van der Waals surface area contributed by atoms with Crippen LogP contribution in [-0.4, -0.2) is 55.3 Å². The largest absolute Gasteiger partial charge is 0.495 e.